The van der Waals surface area contributed by atoms with Crippen molar-refractivity contribution in [1.29, 1.82) is 0 Å². The Labute approximate surface area is 143 Å². The molecule has 0 saturated carbocycles. The van der Waals surface area contributed by atoms with Crippen LogP contribution in [0.15, 0.2) is 9.59 Å². The first-order valence-corrected chi connectivity index (χ1v) is 9.16. The molecular formula is C16H23N4O3S+. The summed E-state index contributed by atoms with van der Waals surface area (Å²) in [6.07, 6.45) is 4.80. The van der Waals surface area contributed by atoms with Gasteiger partial charge in [0.1, 0.15) is 11.4 Å². The molecule has 3 rings (SSSR count). The molecule has 130 valence electrons. The molecule has 0 aliphatic heterocycles. The van der Waals surface area contributed by atoms with E-state index in [4.69, 9.17) is 0 Å². The zero-order chi connectivity index (χ0) is 17.3. The first kappa shape index (κ1) is 16.9. The second-order valence-electron chi connectivity index (χ2n) is 6.18. The Hall–Kier alpha value is -1.93. The van der Waals surface area contributed by atoms with Gasteiger partial charge in [-0.2, -0.15) is 0 Å². The summed E-state index contributed by atoms with van der Waals surface area (Å²) in [5.41, 5.74) is 4.03. The minimum absolute atomic E-state index is 0.233. The number of rotatable bonds is 5. The van der Waals surface area contributed by atoms with Crippen molar-refractivity contribution in [3.63, 3.8) is 0 Å². The van der Waals surface area contributed by atoms with Gasteiger partial charge in [-0.05, 0) is 31.2 Å². The Morgan fingerprint density at radius 1 is 1.29 bits per heavy atom. The van der Waals surface area contributed by atoms with Crippen LogP contribution >= 0.6 is 11.3 Å². The van der Waals surface area contributed by atoms with E-state index >= 15 is 0 Å². The van der Waals surface area contributed by atoms with Crippen LogP contribution in [0.25, 0.3) is 10.2 Å². The minimum Gasteiger partial charge on any atom is -0.358 e. The van der Waals surface area contributed by atoms with Crippen molar-refractivity contribution >= 4 is 27.5 Å². The van der Waals surface area contributed by atoms with Gasteiger partial charge in [0.2, 0.25) is 5.91 Å². The van der Waals surface area contributed by atoms with E-state index < -0.39 is 5.69 Å². The number of aryl methyl sites for hydroxylation is 3. The fourth-order valence-electron chi connectivity index (χ4n) is 3.19. The van der Waals surface area contributed by atoms with Crippen LogP contribution in [0, 0.1) is 0 Å². The van der Waals surface area contributed by atoms with Gasteiger partial charge in [-0.15, -0.1) is 11.3 Å². The molecule has 1 aliphatic carbocycles. The normalized spacial score (nSPS) is 13.9. The van der Waals surface area contributed by atoms with E-state index in [0.717, 1.165) is 53.6 Å². The molecule has 0 fully saturated rings. The van der Waals surface area contributed by atoms with E-state index in [1.165, 1.54) is 9.44 Å². The lowest BCUT2D eigenvalue weighted by Gasteiger charge is -2.11. The third kappa shape index (κ3) is 2.91. The van der Waals surface area contributed by atoms with Gasteiger partial charge in [-0.3, -0.25) is 18.7 Å². The molecule has 8 heteroatoms. The monoisotopic (exact) mass is 351 g/mol. The second-order valence-corrected chi connectivity index (χ2v) is 7.26. The van der Waals surface area contributed by atoms with Gasteiger partial charge in [0, 0.05) is 24.9 Å². The number of hydrogen-bond donors (Lipinski definition) is 2. The van der Waals surface area contributed by atoms with Gasteiger partial charge in [-0.1, -0.05) is 0 Å². The highest BCUT2D eigenvalue weighted by Gasteiger charge is 2.23. The molecule has 0 bridgehead atoms. The number of quaternary nitrogens is 1. The number of fused-ring (bicyclic) bond motifs is 3. The molecular weight excluding hydrogens is 328 g/mol. The minimum atomic E-state index is -0.432. The van der Waals surface area contributed by atoms with Crippen molar-refractivity contribution in [1.82, 2.24) is 14.5 Å². The highest BCUT2D eigenvalue weighted by atomic mass is 32.1. The van der Waals surface area contributed by atoms with Crippen LogP contribution in [-0.4, -0.2) is 28.1 Å². The fourth-order valence-corrected chi connectivity index (χ4v) is 4.52. The Morgan fingerprint density at radius 3 is 2.79 bits per heavy atom. The molecule has 2 heterocycles. The van der Waals surface area contributed by atoms with Crippen LogP contribution in [0.3, 0.4) is 0 Å². The largest absolute Gasteiger partial charge is 0.358 e. The lowest BCUT2D eigenvalue weighted by molar-refractivity contribution is -0.367. The van der Waals surface area contributed by atoms with Crippen molar-refractivity contribution in [2.24, 2.45) is 7.05 Å². The van der Waals surface area contributed by atoms with Crippen LogP contribution in [0.2, 0.25) is 0 Å². The van der Waals surface area contributed by atoms with Crippen molar-refractivity contribution < 1.29 is 10.5 Å². The molecule has 24 heavy (non-hydrogen) atoms. The molecule has 0 atom stereocenters. The van der Waals surface area contributed by atoms with Crippen molar-refractivity contribution in [2.75, 3.05) is 13.1 Å². The van der Waals surface area contributed by atoms with Gasteiger partial charge in [-0.25, -0.2) is 4.79 Å². The number of carbonyl (C=O) groups is 1. The first-order valence-electron chi connectivity index (χ1n) is 8.34. The van der Waals surface area contributed by atoms with E-state index in [1.54, 1.807) is 18.4 Å². The van der Waals surface area contributed by atoms with Gasteiger partial charge in [0.15, 0.2) is 0 Å². The number of carbonyl (C=O) groups excluding carboxylic acids is 1. The summed E-state index contributed by atoms with van der Waals surface area (Å²) in [6.45, 7) is 1.01. The molecule has 4 N–H and O–H groups in total. The predicted molar refractivity (Wildman–Crippen MR) is 93.3 cm³/mol. The summed E-state index contributed by atoms with van der Waals surface area (Å²) >= 11 is 1.54. The van der Waals surface area contributed by atoms with E-state index in [9.17, 15) is 14.4 Å². The molecule has 0 unspecified atom stereocenters. The smallest absolute Gasteiger partial charge is 0.332 e. The van der Waals surface area contributed by atoms with Gasteiger partial charge >= 0.3 is 5.69 Å². The first-order chi connectivity index (χ1) is 11.5. The highest BCUT2D eigenvalue weighted by Crippen LogP contribution is 2.33. The molecule has 1 aliphatic rings. The van der Waals surface area contributed by atoms with E-state index in [0.29, 0.717) is 11.9 Å². The number of hydrogen-bond acceptors (Lipinski definition) is 4. The fraction of sp³-hybridized carbons (Fsp3) is 0.562. The highest BCUT2D eigenvalue weighted by molar-refractivity contribution is 7.18. The van der Waals surface area contributed by atoms with E-state index in [-0.39, 0.29) is 18.0 Å². The van der Waals surface area contributed by atoms with Gasteiger partial charge in [0.25, 0.3) is 5.56 Å². The Morgan fingerprint density at radius 2 is 2.04 bits per heavy atom. The van der Waals surface area contributed by atoms with Gasteiger partial charge in [0.05, 0.1) is 11.9 Å². The summed E-state index contributed by atoms with van der Waals surface area (Å²) in [7, 11) is 1.67. The van der Waals surface area contributed by atoms with Gasteiger partial charge < -0.3 is 11.1 Å². The lowest BCUT2D eigenvalue weighted by atomic mass is 9.97. The molecule has 2 aromatic rings. The van der Waals surface area contributed by atoms with Crippen LogP contribution < -0.4 is 22.3 Å². The molecule has 0 radical (unpaired) electrons. The summed E-state index contributed by atoms with van der Waals surface area (Å²) in [5, 5.41) is 3.35. The quantitative estimate of drug-likeness (QED) is 0.703. The third-order valence-corrected chi connectivity index (χ3v) is 5.85. The number of nitrogens with one attached hydrogen (secondary N) is 1. The zero-order valence-corrected chi connectivity index (χ0v) is 14.7. The van der Waals surface area contributed by atoms with Crippen LogP contribution in [0.4, 0.5) is 0 Å². The van der Waals surface area contributed by atoms with E-state index in [2.05, 4.69) is 11.1 Å². The summed E-state index contributed by atoms with van der Waals surface area (Å²) in [4.78, 5) is 39.4. The topological polar surface area (TPSA) is 101 Å². The van der Waals surface area contributed by atoms with Crippen LogP contribution in [0.5, 0.6) is 0 Å². The summed E-state index contributed by atoms with van der Waals surface area (Å²) < 4.78 is 2.56. The lowest BCUT2D eigenvalue weighted by Crippen LogP contribution is -2.51. The molecule has 0 spiro atoms. The average molecular weight is 351 g/mol. The number of thiophene rings is 1. The zero-order valence-electron chi connectivity index (χ0n) is 13.9. The maximum Gasteiger partial charge on any atom is 0.332 e. The summed E-state index contributed by atoms with van der Waals surface area (Å²) in [6, 6.07) is 0. The maximum atomic E-state index is 12.9. The molecule has 0 aromatic carbocycles. The van der Waals surface area contributed by atoms with Crippen LogP contribution in [-0.2, 0) is 31.2 Å². The van der Waals surface area contributed by atoms with Crippen molar-refractivity contribution in [3.05, 3.63) is 31.3 Å². The summed E-state index contributed by atoms with van der Waals surface area (Å²) in [5.74, 6) is -0.314. The Bertz CT molecular complexity index is 893. The number of aromatic nitrogens is 2. The Balaban J connectivity index is 2.04. The van der Waals surface area contributed by atoms with Crippen LogP contribution in [0.1, 0.15) is 29.7 Å². The molecule has 1 amide bonds. The van der Waals surface area contributed by atoms with E-state index in [1.807, 2.05) is 0 Å². The standard InChI is InChI=1S/C16H22N4O3S/c1-19-15-13(10-5-2-3-6-11(10)24-15)14(22)20(16(19)23)9-12(21)18-8-4-7-17/h2-9,17H2,1H3,(H,18,21)/p+1. The molecule has 2 aromatic heterocycles. The maximum absolute atomic E-state index is 12.9. The second kappa shape index (κ2) is 6.90. The Kier molecular flexibility index (Phi) is 4.86. The number of nitrogens with zero attached hydrogens (tertiary/aromatic N) is 2. The number of amides is 1. The molecule has 0 saturated heterocycles. The predicted octanol–water partition coefficient (Wildman–Crippen LogP) is -0.611. The SMILES string of the molecule is Cn1c(=O)n(CC(=O)NCCC[NH3+])c(=O)c2c3c(sc21)CCCC3. The van der Waals surface area contributed by atoms with Crippen molar-refractivity contribution in [2.45, 2.75) is 38.6 Å². The van der Waals surface area contributed by atoms with Crippen molar-refractivity contribution in [3.8, 4) is 0 Å². The third-order valence-electron chi connectivity index (χ3n) is 4.48. The molecule has 7 nitrogen and oxygen atoms in total. The average Bonchev–Trinajstić information content (AvgIpc) is 2.97.